The van der Waals surface area contributed by atoms with Crippen molar-refractivity contribution in [3.63, 3.8) is 0 Å². The number of para-hydroxylation sites is 1. The van der Waals surface area contributed by atoms with Gasteiger partial charge in [0, 0.05) is 17.8 Å². The number of aromatic nitrogens is 2. The number of nitrogens with zero attached hydrogens (tertiary/aromatic N) is 3. The molecular formula is C18H14F3N3O. The number of fused-ring (bicyclic) bond motifs is 1. The minimum atomic E-state index is -4.40. The molecule has 0 fully saturated rings. The van der Waals surface area contributed by atoms with Gasteiger partial charge in [-0.05, 0) is 30.2 Å². The molecule has 128 valence electrons. The lowest BCUT2D eigenvalue weighted by molar-refractivity contribution is -0.137. The lowest BCUT2D eigenvalue weighted by atomic mass is 10.1. The minimum absolute atomic E-state index is 0.161. The predicted octanol–water partition coefficient (Wildman–Crippen LogP) is 4.32. The van der Waals surface area contributed by atoms with E-state index in [1.165, 1.54) is 17.7 Å². The second-order valence-corrected chi connectivity index (χ2v) is 5.89. The Balaban J connectivity index is 1.56. The first kappa shape index (κ1) is 15.7. The normalized spacial score (nSPS) is 14.0. The topological polar surface area (TPSA) is 42.2 Å². The zero-order valence-corrected chi connectivity index (χ0v) is 13.1. The van der Waals surface area contributed by atoms with Crippen molar-refractivity contribution >= 4 is 5.69 Å². The van der Waals surface area contributed by atoms with Gasteiger partial charge >= 0.3 is 6.18 Å². The average Bonchev–Trinajstić information content (AvgIpc) is 3.22. The lowest BCUT2D eigenvalue weighted by Crippen LogP contribution is -2.19. The highest BCUT2D eigenvalue weighted by atomic mass is 19.4. The van der Waals surface area contributed by atoms with E-state index in [1.807, 2.05) is 18.2 Å². The van der Waals surface area contributed by atoms with Crippen molar-refractivity contribution in [3.8, 4) is 11.4 Å². The van der Waals surface area contributed by atoms with E-state index in [0.29, 0.717) is 12.4 Å². The van der Waals surface area contributed by atoms with E-state index in [2.05, 4.69) is 21.1 Å². The largest absolute Gasteiger partial charge is 0.416 e. The van der Waals surface area contributed by atoms with E-state index in [0.717, 1.165) is 30.8 Å². The van der Waals surface area contributed by atoms with E-state index in [-0.39, 0.29) is 11.4 Å². The Morgan fingerprint density at radius 2 is 1.92 bits per heavy atom. The van der Waals surface area contributed by atoms with Crippen molar-refractivity contribution in [1.29, 1.82) is 0 Å². The molecule has 0 saturated heterocycles. The summed E-state index contributed by atoms with van der Waals surface area (Å²) in [7, 11) is 0. The summed E-state index contributed by atoms with van der Waals surface area (Å²) in [5.74, 6) is 0.540. The Morgan fingerprint density at radius 1 is 1.08 bits per heavy atom. The molecule has 4 nitrogen and oxygen atoms in total. The first-order valence-corrected chi connectivity index (χ1v) is 7.84. The molecule has 2 aromatic carbocycles. The highest BCUT2D eigenvalue weighted by Gasteiger charge is 2.31. The quantitative estimate of drug-likeness (QED) is 0.709. The van der Waals surface area contributed by atoms with Crippen LogP contribution >= 0.6 is 0 Å². The number of rotatable bonds is 3. The van der Waals surface area contributed by atoms with Crippen LogP contribution in [0.1, 0.15) is 17.0 Å². The monoisotopic (exact) mass is 345 g/mol. The van der Waals surface area contributed by atoms with Gasteiger partial charge in [0.2, 0.25) is 11.7 Å². The smallest absolute Gasteiger partial charge is 0.362 e. The van der Waals surface area contributed by atoms with Gasteiger partial charge in [-0.15, -0.1) is 0 Å². The van der Waals surface area contributed by atoms with E-state index in [4.69, 9.17) is 4.52 Å². The van der Waals surface area contributed by atoms with E-state index in [1.54, 1.807) is 0 Å². The SMILES string of the molecule is FC(F)(F)c1cccc(-c2noc(CN3CCc4ccccc43)n2)c1. The van der Waals surface area contributed by atoms with E-state index >= 15 is 0 Å². The van der Waals surface area contributed by atoms with Gasteiger partial charge < -0.3 is 9.42 Å². The van der Waals surface area contributed by atoms with Crippen LogP contribution in [0.3, 0.4) is 0 Å². The van der Waals surface area contributed by atoms with Gasteiger partial charge in [0.15, 0.2) is 0 Å². The second-order valence-electron chi connectivity index (χ2n) is 5.89. The Hall–Kier alpha value is -2.83. The second kappa shape index (κ2) is 5.91. The van der Waals surface area contributed by atoms with Crippen molar-refractivity contribution in [3.05, 3.63) is 65.5 Å². The van der Waals surface area contributed by atoms with E-state index < -0.39 is 11.7 Å². The Kier molecular flexibility index (Phi) is 3.71. The van der Waals surface area contributed by atoms with Crippen LogP contribution in [0.25, 0.3) is 11.4 Å². The molecule has 4 rings (SSSR count). The molecule has 0 aliphatic carbocycles. The molecule has 0 bridgehead atoms. The highest BCUT2D eigenvalue weighted by Crippen LogP contribution is 2.32. The molecule has 7 heteroatoms. The van der Waals surface area contributed by atoms with Gasteiger partial charge in [0.05, 0.1) is 12.1 Å². The van der Waals surface area contributed by atoms with Crippen LogP contribution in [-0.2, 0) is 19.1 Å². The fourth-order valence-electron chi connectivity index (χ4n) is 3.01. The van der Waals surface area contributed by atoms with Crippen molar-refractivity contribution in [2.75, 3.05) is 11.4 Å². The molecule has 0 radical (unpaired) electrons. The lowest BCUT2D eigenvalue weighted by Gasteiger charge is -2.16. The Morgan fingerprint density at radius 3 is 2.76 bits per heavy atom. The number of benzene rings is 2. The zero-order chi connectivity index (χ0) is 17.4. The van der Waals surface area contributed by atoms with Crippen LogP contribution in [0.15, 0.2) is 53.1 Å². The molecule has 0 unspecified atom stereocenters. The van der Waals surface area contributed by atoms with Crippen molar-refractivity contribution in [2.45, 2.75) is 19.1 Å². The summed E-state index contributed by atoms with van der Waals surface area (Å²) in [4.78, 5) is 6.38. The maximum Gasteiger partial charge on any atom is 0.416 e. The molecule has 0 spiro atoms. The van der Waals surface area contributed by atoms with Gasteiger partial charge in [0.1, 0.15) is 0 Å². The summed E-state index contributed by atoms with van der Waals surface area (Å²) in [5.41, 5.74) is 1.94. The fraction of sp³-hybridized carbons (Fsp3) is 0.222. The van der Waals surface area contributed by atoms with Gasteiger partial charge in [-0.3, -0.25) is 0 Å². The molecule has 0 atom stereocenters. The maximum atomic E-state index is 12.8. The first-order valence-electron chi connectivity index (χ1n) is 7.84. The fourth-order valence-corrected chi connectivity index (χ4v) is 3.01. The minimum Gasteiger partial charge on any atom is -0.362 e. The summed E-state index contributed by atoms with van der Waals surface area (Å²) < 4.78 is 43.7. The van der Waals surface area contributed by atoms with Crippen LogP contribution < -0.4 is 4.90 Å². The third kappa shape index (κ3) is 3.09. The van der Waals surface area contributed by atoms with Gasteiger partial charge in [-0.1, -0.05) is 35.5 Å². The standard InChI is InChI=1S/C18H14F3N3O/c19-18(20,21)14-6-3-5-13(10-14)17-22-16(25-23-17)11-24-9-8-12-4-1-2-7-15(12)24/h1-7,10H,8-9,11H2. The van der Waals surface area contributed by atoms with Crippen molar-refractivity contribution in [2.24, 2.45) is 0 Å². The molecule has 1 aromatic heterocycles. The van der Waals surface area contributed by atoms with Gasteiger partial charge in [0.25, 0.3) is 0 Å². The Bertz CT molecular complexity index is 904. The van der Waals surface area contributed by atoms with Gasteiger partial charge in [-0.2, -0.15) is 18.2 Å². The summed E-state index contributed by atoms with van der Waals surface area (Å²) in [6.45, 7) is 1.28. The third-order valence-corrected chi connectivity index (χ3v) is 4.23. The zero-order valence-electron chi connectivity index (χ0n) is 13.1. The summed E-state index contributed by atoms with van der Waals surface area (Å²) >= 11 is 0. The van der Waals surface area contributed by atoms with Crippen LogP contribution in [0.4, 0.5) is 18.9 Å². The third-order valence-electron chi connectivity index (χ3n) is 4.23. The molecule has 25 heavy (non-hydrogen) atoms. The molecule has 0 N–H and O–H groups in total. The highest BCUT2D eigenvalue weighted by molar-refractivity contribution is 5.58. The van der Waals surface area contributed by atoms with Gasteiger partial charge in [-0.25, -0.2) is 0 Å². The summed E-state index contributed by atoms with van der Waals surface area (Å²) in [5, 5.41) is 3.83. The Labute approximate surface area is 141 Å². The first-order chi connectivity index (χ1) is 12.0. The number of halogens is 3. The van der Waals surface area contributed by atoms with Crippen LogP contribution in [0.5, 0.6) is 0 Å². The maximum absolute atomic E-state index is 12.8. The van der Waals surface area contributed by atoms with Crippen LogP contribution in [0.2, 0.25) is 0 Å². The molecule has 2 heterocycles. The summed E-state index contributed by atoms with van der Waals surface area (Å²) in [6.07, 6.45) is -3.45. The number of anilines is 1. The molecule has 3 aromatic rings. The number of hydrogen-bond donors (Lipinski definition) is 0. The number of alkyl halides is 3. The van der Waals surface area contributed by atoms with Crippen LogP contribution in [0, 0.1) is 0 Å². The average molecular weight is 345 g/mol. The summed E-state index contributed by atoms with van der Waals surface area (Å²) in [6, 6.07) is 13.0. The van der Waals surface area contributed by atoms with Crippen molar-refractivity contribution in [1.82, 2.24) is 10.1 Å². The molecule has 1 aliphatic heterocycles. The molecular weight excluding hydrogens is 331 g/mol. The number of hydrogen-bond acceptors (Lipinski definition) is 4. The predicted molar refractivity (Wildman–Crippen MR) is 85.9 cm³/mol. The molecule has 0 saturated carbocycles. The molecule has 0 amide bonds. The van der Waals surface area contributed by atoms with Crippen molar-refractivity contribution < 1.29 is 17.7 Å². The van der Waals surface area contributed by atoms with E-state index in [9.17, 15) is 13.2 Å². The van der Waals surface area contributed by atoms with Crippen LogP contribution in [-0.4, -0.2) is 16.7 Å². The molecule has 1 aliphatic rings.